The Bertz CT molecular complexity index is 919. The van der Waals surface area contributed by atoms with Crippen LogP contribution < -0.4 is 10.9 Å². The SMILES string of the molecule is CCNC(=O)[C@@H](C)Sc1nc2c(cnn2-c2ccccc2)c(=O)[nH]1. The van der Waals surface area contributed by atoms with Gasteiger partial charge in [-0.2, -0.15) is 5.10 Å². The molecule has 2 heterocycles. The first kappa shape index (κ1) is 16.3. The molecule has 0 saturated carbocycles. The average molecular weight is 343 g/mol. The molecule has 0 spiro atoms. The zero-order chi connectivity index (χ0) is 17.1. The number of nitrogens with zero attached hydrogens (tertiary/aromatic N) is 3. The molecule has 3 rings (SSSR count). The van der Waals surface area contributed by atoms with E-state index in [9.17, 15) is 9.59 Å². The van der Waals surface area contributed by atoms with Crippen LogP contribution in [-0.2, 0) is 4.79 Å². The molecule has 3 aromatic rings. The van der Waals surface area contributed by atoms with Crippen LogP contribution in [0.2, 0.25) is 0 Å². The van der Waals surface area contributed by atoms with E-state index in [2.05, 4.69) is 20.4 Å². The van der Waals surface area contributed by atoms with Crippen molar-refractivity contribution in [1.82, 2.24) is 25.1 Å². The maximum atomic E-state index is 12.3. The molecule has 0 saturated heterocycles. The largest absolute Gasteiger partial charge is 0.355 e. The summed E-state index contributed by atoms with van der Waals surface area (Å²) in [7, 11) is 0. The third-order valence-corrected chi connectivity index (χ3v) is 4.41. The highest BCUT2D eigenvalue weighted by Gasteiger charge is 2.17. The predicted octanol–water partition coefficient (Wildman–Crippen LogP) is 1.73. The van der Waals surface area contributed by atoms with Gasteiger partial charge in [-0.15, -0.1) is 0 Å². The Morgan fingerprint density at radius 1 is 1.38 bits per heavy atom. The van der Waals surface area contributed by atoms with Crippen molar-refractivity contribution in [2.24, 2.45) is 0 Å². The van der Waals surface area contributed by atoms with E-state index in [4.69, 9.17) is 0 Å². The smallest absolute Gasteiger partial charge is 0.262 e. The molecule has 0 bridgehead atoms. The van der Waals surface area contributed by atoms with E-state index < -0.39 is 0 Å². The standard InChI is InChI=1S/C16H17N5O2S/c1-3-17-14(22)10(2)24-16-19-13-12(15(23)20-16)9-18-21(13)11-7-5-4-6-8-11/h4-10H,3H2,1-2H3,(H,17,22)(H,19,20,23)/t10-/m1/s1. The average Bonchev–Trinajstić information content (AvgIpc) is 3.00. The molecule has 2 N–H and O–H groups in total. The number of para-hydroxylation sites is 1. The number of aromatic nitrogens is 4. The molecule has 1 aromatic carbocycles. The van der Waals surface area contributed by atoms with Gasteiger partial charge in [0.1, 0.15) is 5.39 Å². The van der Waals surface area contributed by atoms with E-state index in [1.165, 1.54) is 18.0 Å². The number of thioether (sulfide) groups is 1. The lowest BCUT2D eigenvalue weighted by atomic mass is 10.3. The van der Waals surface area contributed by atoms with E-state index in [1.807, 2.05) is 37.3 Å². The lowest BCUT2D eigenvalue weighted by Crippen LogP contribution is -2.30. The summed E-state index contributed by atoms with van der Waals surface area (Å²) in [6.07, 6.45) is 1.50. The van der Waals surface area contributed by atoms with Crippen LogP contribution in [0.15, 0.2) is 46.5 Å². The molecule has 0 radical (unpaired) electrons. The van der Waals surface area contributed by atoms with Crippen LogP contribution >= 0.6 is 11.8 Å². The van der Waals surface area contributed by atoms with Crippen LogP contribution in [0, 0.1) is 0 Å². The van der Waals surface area contributed by atoms with Gasteiger partial charge in [0, 0.05) is 6.54 Å². The summed E-state index contributed by atoms with van der Waals surface area (Å²) in [5.74, 6) is -0.0955. The summed E-state index contributed by atoms with van der Waals surface area (Å²) < 4.78 is 1.62. The molecule has 8 heteroatoms. The van der Waals surface area contributed by atoms with Crippen molar-refractivity contribution in [2.75, 3.05) is 6.54 Å². The number of carbonyl (C=O) groups is 1. The normalized spacial score (nSPS) is 12.2. The van der Waals surface area contributed by atoms with Crippen molar-refractivity contribution in [3.8, 4) is 5.69 Å². The zero-order valence-corrected chi connectivity index (χ0v) is 14.1. The molecular weight excluding hydrogens is 326 g/mol. The summed E-state index contributed by atoms with van der Waals surface area (Å²) in [4.78, 5) is 31.3. The topological polar surface area (TPSA) is 92.7 Å². The highest BCUT2D eigenvalue weighted by Crippen LogP contribution is 2.21. The minimum atomic E-state index is -0.362. The van der Waals surface area contributed by atoms with Gasteiger partial charge in [0.25, 0.3) is 5.56 Å². The quantitative estimate of drug-likeness (QED) is 0.544. The minimum Gasteiger partial charge on any atom is -0.355 e. The van der Waals surface area contributed by atoms with E-state index in [0.717, 1.165) is 5.69 Å². The molecule has 24 heavy (non-hydrogen) atoms. The van der Waals surface area contributed by atoms with Gasteiger partial charge in [0.05, 0.1) is 17.1 Å². The second-order valence-corrected chi connectivity index (χ2v) is 6.48. The van der Waals surface area contributed by atoms with Crippen LogP contribution in [0.25, 0.3) is 16.7 Å². The maximum absolute atomic E-state index is 12.3. The van der Waals surface area contributed by atoms with Crippen LogP contribution in [0.1, 0.15) is 13.8 Å². The number of aromatic amines is 1. The number of amides is 1. The van der Waals surface area contributed by atoms with Gasteiger partial charge in [-0.05, 0) is 26.0 Å². The van der Waals surface area contributed by atoms with Gasteiger partial charge in [-0.25, -0.2) is 9.67 Å². The van der Waals surface area contributed by atoms with Crippen molar-refractivity contribution in [2.45, 2.75) is 24.3 Å². The van der Waals surface area contributed by atoms with Gasteiger partial charge in [-0.1, -0.05) is 30.0 Å². The second kappa shape index (κ2) is 6.88. The van der Waals surface area contributed by atoms with E-state index >= 15 is 0 Å². The molecule has 7 nitrogen and oxygen atoms in total. The van der Waals surface area contributed by atoms with Gasteiger partial charge < -0.3 is 10.3 Å². The number of hydrogen-bond donors (Lipinski definition) is 2. The van der Waals surface area contributed by atoms with E-state index in [0.29, 0.717) is 22.7 Å². The number of rotatable bonds is 5. The molecule has 1 amide bonds. The number of carbonyl (C=O) groups excluding carboxylic acids is 1. The Labute approximate surface area is 142 Å². The summed E-state index contributed by atoms with van der Waals surface area (Å²) in [5, 5.41) is 7.45. The van der Waals surface area contributed by atoms with Gasteiger partial charge in [-0.3, -0.25) is 9.59 Å². The van der Waals surface area contributed by atoms with Crippen molar-refractivity contribution in [1.29, 1.82) is 0 Å². The fraction of sp³-hybridized carbons (Fsp3) is 0.250. The van der Waals surface area contributed by atoms with Crippen molar-refractivity contribution in [3.05, 3.63) is 46.9 Å². The third-order valence-electron chi connectivity index (χ3n) is 3.43. The maximum Gasteiger partial charge on any atom is 0.262 e. The number of hydrogen-bond acceptors (Lipinski definition) is 5. The molecule has 0 unspecified atom stereocenters. The van der Waals surface area contributed by atoms with Crippen LogP contribution in [0.3, 0.4) is 0 Å². The fourth-order valence-electron chi connectivity index (χ4n) is 2.25. The molecule has 124 valence electrons. The summed E-state index contributed by atoms with van der Waals surface area (Å²) >= 11 is 1.21. The summed E-state index contributed by atoms with van der Waals surface area (Å²) in [6, 6.07) is 9.47. The Kier molecular flexibility index (Phi) is 4.66. The summed E-state index contributed by atoms with van der Waals surface area (Å²) in [6.45, 7) is 4.20. The first-order valence-electron chi connectivity index (χ1n) is 7.58. The third kappa shape index (κ3) is 3.18. The lowest BCUT2D eigenvalue weighted by molar-refractivity contribution is -0.120. The fourth-order valence-corrected chi connectivity index (χ4v) is 3.07. The molecule has 0 aliphatic heterocycles. The molecule has 0 fully saturated rings. The zero-order valence-electron chi connectivity index (χ0n) is 13.3. The molecule has 0 aliphatic rings. The molecule has 2 aromatic heterocycles. The number of nitrogens with one attached hydrogen (secondary N) is 2. The van der Waals surface area contributed by atoms with Crippen LogP contribution in [-0.4, -0.2) is 37.5 Å². The number of fused-ring (bicyclic) bond motifs is 1. The van der Waals surface area contributed by atoms with Crippen LogP contribution in [0.4, 0.5) is 0 Å². The van der Waals surface area contributed by atoms with E-state index in [-0.39, 0.29) is 16.7 Å². The minimum absolute atomic E-state index is 0.0955. The predicted molar refractivity (Wildman–Crippen MR) is 93.5 cm³/mol. The number of H-pyrrole nitrogens is 1. The second-order valence-electron chi connectivity index (χ2n) is 5.15. The summed E-state index contributed by atoms with van der Waals surface area (Å²) in [5.41, 5.74) is 1.02. The molecular formula is C16H17N5O2S. The Balaban J connectivity index is 2.00. The monoisotopic (exact) mass is 343 g/mol. The first-order valence-corrected chi connectivity index (χ1v) is 8.46. The highest BCUT2D eigenvalue weighted by atomic mass is 32.2. The molecule has 0 aliphatic carbocycles. The van der Waals surface area contributed by atoms with Crippen molar-refractivity contribution < 1.29 is 4.79 Å². The Hall–Kier alpha value is -2.61. The van der Waals surface area contributed by atoms with Crippen molar-refractivity contribution in [3.63, 3.8) is 0 Å². The van der Waals surface area contributed by atoms with E-state index in [1.54, 1.807) is 11.6 Å². The Morgan fingerprint density at radius 3 is 2.83 bits per heavy atom. The number of benzene rings is 1. The van der Waals surface area contributed by atoms with Gasteiger partial charge in [0.15, 0.2) is 10.8 Å². The molecule has 1 atom stereocenters. The highest BCUT2D eigenvalue weighted by molar-refractivity contribution is 8.00. The Morgan fingerprint density at radius 2 is 2.12 bits per heavy atom. The first-order chi connectivity index (χ1) is 11.6. The van der Waals surface area contributed by atoms with Gasteiger partial charge in [0.2, 0.25) is 5.91 Å². The van der Waals surface area contributed by atoms with Crippen LogP contribution in [0.5, 0.6) is 0 Å². The lowest BCUT2D eigenvalue weighted by Gasteiger charge is -2.10. The van der Waals surface area contributed by atoms with Gasteiger partial charge >= 0.3 is 0 Å². The van der Waals surface area contributed by atoms with Crippen molar-refractivity contribution >= 4 is 28.7 Å².